The van der Waals surface area contributed by atoms with Gasteiger partial charge in [0.1, 0.15) is 5.52 Å². The van der Waals surface area contributed by atoms with Gasteiger partial charge in [0.05, 0.1) is 26.9 Å². The van der Waals surface area contributed by atoms with Gasteiger partial charge in [-0.2, -0.15) is 0 Å². The van der Waals surface area contributed by atoms with Gasteiger partial charge in [0.15, 0.2) is 0 Å². The lowest BCUT2D eigenvalue weighted by atomic mass is 10.1. The molecule has 1 heterocycles. The zero-order valence-electron chi connectivity index (χ0n) is 11.0. The molecule has 0 aliphatic carbocycles. The average molecular weight is 382 g/mol. The number of hydrogen-bond acceptors (Lipinski definition) is 2. The van der Waals surface area contributed by atoms with Crippen molar-refractivity contribution in [2.75, 3.05) is 5.33 Å². The van der Waals surface area contributed by atoms with Gasteiger partial charge in [-0.25, -0.2) is 9.97 Å². The van der Waals surface area contributed by atoms with Crippen LogP contribution in [0.4, 0.5) is 0 Å². The predicted molar refractivity (Wildman–Crippen MR) is 92.5 cm³/mol. The summed E-state index contributed by atoms with van der Waals surface area (Å²) in [6.07, 6.45) is 0.759. The van der Waals surface area contributed by atoms with Gasteiger partial charge in [0.2, 0.25) is 0 Å². The summed E-state index contributed by atoms with van der Waals surface area (Å²) in [6, 6.07) is 13.3. The molecular weight excluding hydrogens is 371 g/mol. The number of aromatic nitrogens is 2. The van der Waals surface area contributed by atoms with Gasteiger partial charge < -0.3 is 0 Å². The fourth-order valence-electron chi connectivity index (χ4n) is 2.21. The molecule has 21 heavy (non-hydrogen) atoms. The van der Waals surface area contributed by atoms with Crippen LogP contribution >= 0.6 is 39.1 Å². The molecule has 5 heteroatoms. The Kier molecular flexibility index (Phi) is 4.43. The molecule has 106 valence electrons. The van der Waals surface area contributed by atoms with Crippen LogP contribution < -0.4 is 0 Å². The highest BCUT2D eigenvalue weighted by Crippen LogP contribution is 2.31. The molecule has 0 N–H and O–H groups in total. The number of nitrogens with zero attached hydrogens (tertiary/aromatic N) is 2. The SMILES string of the molecule is Clc1ccccc1-c1nc2cccc(Cl)c2nc1CCBr. The van der Waals surface area contributed by atoms with Gasteiger partial charge in [-0.1, -0.05) is 63.4 Å². The maximum atomic E-state index is 6.31. The lowest BCUT2D eigenvalue weighted by Gasteiger charge is -2.11. The number of alkyl halides is 1. The molecule has 0 saturated heterocycles. The zero-order valence-corrected chi connectivity index (χ0v) is 14.1. The van der Waals surface area contributed by atoms with Crippen molar-refractivity contribution in [3.8, 4) is 11.3 Å². The Balaban J connectivity index is 2.30. The van der Waals surface area contributed by atoms with Gasteiger partial charge in [-0.05, 0) is 18.2 Å². The number of rotatable bonds is 3. The van der Waals surface area contributed by atoms with Crippen LogP contribution in [0.3, 0.4) is 0 Å². The molecule has 0 aliphatic heterocycles. The van der Waals surface area contributed by atoms with E-state index in [4.69, 9.17) is 33.2 Å². The molecule has 0 spiro atoms. The first-order chi connectivity index (χ1) is 10.2. The molecule has 0 amide bonds. The Morgan fingerprint density at radius 1 is 0.905 bits per heavy atom. The minimum Gasteiger partial charge on any atom is -0.247 e. The third-order valence-electron chi connectivity index (χ3n) is 3.18. The van der Waals surface area contributed by atoms with Crippen molar-refractivity contribution < 1.29 is 0 Å². The largest absolute Gasteiger partial charge is 0.247 e. The van der Waals surface area contributed by atoms with E-state index in [0.717, 1.165) is 39.7 Å². The van der Waals surface area contributed by atoms with Crippen molar-refractivity contribution >= 4 is 50.2 Å². The Morgan fingerprint density at radius 2 is 1.67 bits per heavy atom. The van der Waals surface area contributed by atoms with E-state index in [1.807, 2.05) is 42.5 Å². The molecule has 1 aromatic heterocycles. The summed E-state index contributed by atoms with van der Waals surface area (Å²) in [6.45, 7) is 0. The Labute approximate surface area is 141 Å². The van der Waals surface area contributed by atoms with E-state index in [0.29, 0.717) is 10.0 Å². The van der Waals surface area contributed by atoms with Crippen LogP contribution in [0.2, 0.25) is 10.0 Å². The summed E-state index contributed by atoms with van der Waals surface area (Å²) in [5.74, 6) is 0. The molecular formula is C16H11BrCl2N2. The van der Waals surface area contributed by atoms with Crippen molar-refractivity contribution in [1.29, 1.82) is 0 Å². The maximum Gasteiger partial charge on any atom is 0.108 e. The molecule has 2 aromatic carbocycles. The molecule has 0 aliphatic rings. The third-order valence-corrected chi connectivity index (χ3v) is 4.21. The molecule has 0 bridgehead atoms. The predicted octanol–water partition coefficient (Wildman–Crippen LogP) is 5.54. The minimum absolute atomic E-state index is 0.613. The van der Waals surface area contributed by atoms with Crippen LogP contribution in [0.15, 0.2) is 42.5 Å². The normalized spacial score (nSPS) is 11.0. The van der Waals surface area contributed by atoms with Crippen LogP contribution in [0.25, 0.3) is 22.3 Å². The van der Waals surface area contributed by atoms with E-state index in [2.05, 4.69) is 15.9 Å². The standard InChI is InChI=1S/C16H11BrCl2N2/c17-9-8-14-15(10-4-1-2-5-11(10)18)20-13-7-3-6-12(19)16(13)21-14/h1-7H,8-9H2. The summed E-state index contributed by atoms with van der Waals surface area (Å²) in [5.41, 5.74) is 4.10. The van der Waals surface area contributed by atoms with Gasteiger partial charge in [0.25, 0.3) is 0 Å². The summed E-state index contributed by atoms with van der Waals surface area (Å²) < 4.78 is 0. The Morgan fingerprint density at radius 3 is 2.43 bits per heavy atom. The van der Waals surface area contributed by atoms with Crippen molar-refractivity contribution in [2.45, 2.75) is 6.42 Å². The highest BCUT2D eigenvalue weighted by atomic mass is 79.9. The molecule has 0 radical (unpaired) electrons. The smallest absolute Gasteiger partial charge is 0.108 e. The highest BCUT2D eigenvalue weighted by molar-refractivity contribution is 9.09. The first-order valence-electron chi connectivity index (χ1n) is 6.46. The quantitative estimate of drug-likeness (QED) is 0.556. The van der Waals surface area contributed by atoms with Gasteiger partial charge >= 0.3 is 0 Å². The monoisotopic (exact) mass is 380 g/mol. The number of aryl methyl sites for hydroxylation is 1. The zero-order chi connectivity index (χ0) is 14.8. The van der Waals surface area contributed by atoms with E-state index in [1.165, 1.54) is 0 Å². The van der Waals surface area contributed by atoms with Crippen LogP contribution in [0.1, 0.15) is 5.69 Å². The van der Waals surface area contributed by atoms with Crippen LogP contribution in [0, 0.1) is 0 Å². The van der Waals surface area contributed by atoms with E-state index in [1.54, 1.807) is 0 Å². The second-order valence-corrected chi connectivity index (χ2v) is 6.15. The number of fused-ring (bicyclic) bond motifs is 1. The molecule has 3 aromatic rings. The lowest BCUT2D eigenvalue weighted by Crippen LogP contribution is -2.00. The molecule has 0 fully saturated rings. The second kappa shape index (κ2) is 6.30. The van der Waals surface area contributed by atoms with Crippen LogP contribution in [0.5, 0.6) is 0 Å². The lowest BCUT2D eigenvalue weighted by molar-refractivity contribution is 1.05. The number of para-hydroxylation sites is 1. The number of hydrogen-bond donors (Lipinski definition) is 0. The first-order valence-corrected chi connectivity index (χ1v) is 8.34. The average Bonchev–Trinajstić information content (AvgIpc) is 2.49. The van der Waals surface area contributed by atoms with Gasteiger partial charge in [-0.3, -0.25) is 0 Å². The van der Waals surface area contributed by atoms with Crippen molar-refractivity contribution in [3.05, 3.63) is 58.2 Å². The van der Waals surface area contributed by atoms with E-state index < -0.39 is 0 Å². The second-order valence-electron chi connectivity index (χ2n) is 4.55. The minimum atomic E-state index is 0.613. The van der Waals surface area contributed by atoms with Gasteiger partial charge in [0, 0.05) is 17.3 Å². The summed E-state index contributed by atoms with van der Waals surface area (Å²) >= 11 is 16.0. The maximum absolute atomic E-state index is 6.31. The van der Waals surface area contributed by atoms with E-state index >= 15 is 0 Å². The van der Waals surface area contributed by atoms with Crippen molar-refractivity contribution in [3.63, 3.8) is 0 Å². The summed E-state index contributed by atoms with van der Waals surface area (Å²) in [5, 5.41) is 2.08. The fourth-order valence-corrected chi connectivity index (χ4v) is 3.02. The Bertz CT molecular complexity index is 805. The number of benzene rings is 2. The molecule has 0 unspecified atom stereocenters. The van der Waals surface area contributed by atoms with Crippen LogP contribution in [-0.2, 0) is 6.42 Å². The topological polar surface area (TPSA) is 25.8 Å². The van der Waals surface area contributed by atoms with E-state index in [9.17, 15) is 0 Å². The van der Waals surface area contributed by atoms with Crippen molar-refractivity contribution in [1.82, 2.24) is 9.97 Å². The third kappa shape index (κ3) is 2.91. The molecule has 2 nitrogen and oxygen atoms in total. The van der Waals surface area contributed by atoms with Crippen molar-refractivity contribution in [2.24, 2.45) is 0 Å². The fraction of sp³-hybridized carbons (Fsp3) is 0.125. The molecule has 3 rings (SSSR count). The summed E-state index contributed by atoms with van der Waals surface area (Å²) in [7, 11) is 0. The highest BCUT2D eigenvalue weighted by Gasteiger charge is 2.14. The Hall–Kier alpha value is -1.16. The first kappa shape index (κ1) is 14.8. The van der Waals surface area contributed by atoms with Crippen LogP contribution in [-0.4, -0.2) is 15.3 Å². The number of halogens is 3. The van der Waals surface area contributed by atoms with E-state index in [-0.39, 0.29) is 0 Å². The van der Waals surface area contributed by atoms with Gasteiger partial charge in [-0.15, -0.1) is 0 Å². The molecule has 0 atom stereocenters. The molecule has 0 saturated carbocycles. The summed E-state index contributed by atoms with van der Waals surface area (Å²) in [4.78, 5) is 9.43.